The molecule has 204 valence electrons. The molecule has 0 aliphatic carbocycles. The van der Waals surface area contributed by atoms with E-state index in [4.69, 9.17) is 16.3 Å². The highest BCUT2D eigenvalue weighted by atomic mass is 35.5. The topological polar surface area (TPSA) is 117 Å². The first-order valence-electron chi connectivity index (χ1n) is 12.8. The number of aromatic nitrogens is 2. The molecule has 1 unspecified atom stereocenters. The number of halogens is 1. The van der Waals surface area contributed by atoms with E-state index in [-0.39, 0.29) is 12.2 Å². The highest BCUT2D eigenvalue weighted by Gasteiger charge is 2.25. The van der Waals surface area contributed by atoms with Gasteiger partial charge in [-0.15, -0.1) is 0 Å². The fraction of sp³-hybridized carbons (Fsp3) is 0.125. The molecule has 1 amide bonds. The largest absolute Gasteiger partial charge is 0.495 e. The van der Waals surface area contributed by atoms with Gasteiger partial charge in [0.25, 0.3) is 5.56 Å². The molecule has 0 spiro atoms. The van der Waals surface area contributed by atoms with E-state index in [2.05, 4.69) is 16.4 Å². The number of H-pyrrole nitrogens is 1. The van der Waals surface area contributed by atoms with Gasteiger partial charge >= 0.3 is 0 Å². The van der Waals surface area contributed by atoms with Crippen molar-refractivity contribution >= 4 is 39.9 Å². The summed E-state index contributed by atoms with van der Waals surface area (Å²) in [5.74, 6) is -0.299. The number of hydrogen-bond acceptors (Lipinski definition) is 5. The van der Waals surface area contributed by atoms with Crippen molar-refractivity contribution in [1.29, 1.82) is 5.26 Å². The van der Waals surface area contributed by atoms with Crippen molar-refractivity contribution in [3.05, 3.63) is 117 Å². The molecule has 0 fully saturated rings. The molecule has 0 aliphatic rings. The summed E-state index contributed by atoms with van der Waals surface area (Å²) in [4.78, 5) is 42.8. The molecule has 0 aliphatic heterocycles. The Morgan fingerprint density at radius 2 is 1.85 bits per heavy atom. The van der Waals surface area contributed by atoms with Gasteiger partial charge < -0.3 is 15.0 Å². The predicted octanol–water partition coefficient (Wildman–Crippen LogP) is 6.16. The number of amides is 1. The Kier molecular flexibility index (Phi) is 7.72. The number of hydrogen-bond donors (Lipinski definition) is 2. The Morgan fingerprint density at radius 1 is 1.07 bits per heavy atom. The van der Waals surface area contributed by atoms with Crippen LogP contribution in [0.1, 0.15) is 34.5 Å². The summed E-state index contributed by atoms with van der Waals surface area (Å²) in [6, 6.07) is 22.0. The van der Waals surface area contributed by atoms with Crippen LogP contribution in [0, 0.1) is 11.3 Å². The first kappa shape index (κ1) is 27.4. The number of ketones is 1. The molecule has 5 rings (SSSR count). The van der Waals surface area contributed by atoms with Crippen LogP contribution in [0.15, 0.2) is 90.0 Å². The predicted molar refractivity (Wildman–Crippen MR) is 159 cm³/mol. The number of anilines is 1. The summed E-state index contributed by atoms with van der Waals surface area (Å²) in [5, 5.41) is 13.4. The number of ether oxygens (including phenoxy) is 1. The number of pyridine rings is 1. The summed E-state index contributed by atoms with van der Waals surface area (Å²) in [7, 11) is 1.46. The number of aromatic amines is 1. The van der Waals surface area contributed by atoms with Gasteiger partial charge in [-0.25, -0.2) is 0 Å². The van der Waals surface area contributed by atoms with Crippen LogP contribution in [-0.2, 0) is 11.2 Å². The van der Waals surface area contributed by atoms with Gasteiger partial charge in [-0.2, -0.15) is 5.26 Å². The van der Waals surface area contributed by atoms with Gasteiger partial charge in [0.2, 0.25) is 5.91 Å². The quantitative estimate of drug-likeness (QED) is 0.219. The number of nitrogens with one attached hydrogen (secondary N) is 2. The molecule has 0 bridgehead atoms. The third kappa shape index (κ3) is 5.62. The monoisotopic (exact) mass is 564 g/mol. The number of Topliss-reactive ketones (excluding diaryl/α,β-unsaturated/α-hetero) is 1. The van der Waals surface area contributed by atoms with Gasteiger partial charge in [0.05, 0.1) is 18.9 Å². The molecule has 9 heteroatoms. The molecule has 41 heavy (non-hydrogen) atoms. The highest BCUT2D eigenvalue weighted by Crippen LogP contribution is 2.34. The van der Waals surface area contributed by atoms with Gasteiger partial charge in [0, 0.05) is 51.4 Å². The zero-order chi connectivity index (χ0) is 29.1. The second kappa shape index (κ2) is 11.5. The lowest BCUT2D eigenvalue weighted by Crippen LogP contribution is -2.34. The standard InChI is InChI=1S/C32H25ClN4O4/c1-19(38)24-10-8-22(33)13-26(24)27-15-31(39)37(18-30(27)41-2)29(12-20-6-4-3-5-7-20)32(40)36-23-9-11-25-21(16-34)17-35-28(25)14-23/h3-11,13-15,17-18,29,35H,12H2,1-2H3,(H,36,40). The summed E-state index contributed by atoms with van der Waals surface area (Å²) in [6.45, 7) is 1.44. The fourth-order valence-corrected chi connectivity index (χ4v) is 5.04. The van der Waals surface area contributed by atoms with Gasteiger partial charge in [-0.1, -0.05) is 41.9 Å². The molecule has 2 heterocycles. The molecule has 3 aromatic carbocycles. The summed E-state index contributed by atoms with van der Waals surface area (Å²) >= 11 is 6.24. The van der Waals surface area contributed by atoms with Gasteiger partial charge in [0.1, 0.15) is 17.9 Å². The van der Waals surface area contributed by atoms with Crippen LogP contribution in [0.5, 0.6) is 5.75 Å². The Bertz CT molecular complexity index is 1890. The van der Waals surface area contributed by atoms with Crippen molar-refractivity contribution in [2.45, 2.75) is 19.4 Å². The average Bonchev–Trinajstić information content (AvgIpc) is 3.38. The third-order valence-corrected chi connectivity index (χ3v) is 7.13. The lowest BCUT2D eigenvalue weighted by molar-refractivity contribution is -0.119. The SMILES string of the molecule is COc1cn(C(Cc2ccccc2)C(=O)Nc2ccc3c(C#N)c[nH]c3c2)c(=O)cc1-c1cc(Cl)ccc1C(C)=O. The summed E-state index contributed by atoms with van der Waals surface area (Å²) in [6.07, 6.45) is 3.33. The van der Waals surface area contributed by atoms with Gasteiger partial charge in [-0.05, 0) is 54.4 Å². The first-order chi connectivity index (χ1) is 19.8. The van der Waals surface area contributed by atoms with E-state index < -0.39 is 17.5 Å². The van der Waals surface area contributed by atoms with E-state index in [9.17, 15) is 19.6 Å². The molecular weight excluding hydrogens is 540 g/mol. The van der Waals surface area contributed by atoms with Crippen LogP contribution in [0.25, 0.3) is 22.0 Å². The highest BCUT2D eigenvalue weighted by molar-refractivity contribution is 6.31. The van der Waals surface area contributed by atoms with E-state index in [1.54, 1.807) is 42.6 Å². The van der Waals surface area contributed by atoms with Crippen molar-refractivity contribution in [2.75, 3.05) is 12.4 Å². The summed E-state index contributed by atoms with van der Waals surface area (Å²) < 4.78 is 6.99. The maximum absolute atomic E-state index is 13.8. The number of benzene rings is 3. The number of fused-ring (bicyclic) bond motifs is 1. The molecule has 5 aromatic rings. The van der Waals surface area contributed by atoms with Gasteiger partial charge in [-0.3, -0.25) is 19.0 Å². The smallest absolute Gasteiger partial charge is 0.252 e. The van der Waals surface area contributed by atoms with Gasteiger partial charge in [0.15, 0.2) is 5.78 Å². The van der Waals surface area contributed by atoms with Crippen molar-refractivity contribution in [1.82, 2.24) is 9.55 Å². The van der Waals surface area contributed by atoms with Crippen LogP contribution in [0.2, 0.25) is 5.02 Å². The van der Waals surface area contributed by atoms with Crippen LogP contribution in [0.3, 0.4) is 0 Å². The van der Waals surface area contributed by atoms with Crippen molar-refractivity contribution in [3.63, 3.8) is 0 Å². The summed E-state index contributed by atoms with van der Waals surface area (Å²) in [5.41, 5.74) is 3.36. The average molecular weight is 565 g/mol. The number of nitriles is 1. The van der Waals surface area contributed by atoms with E-state index in [0.717, 1.165) is 10.9 Å². The zero-order valence-electron chi connectivity index (χ0n) is 22.3. The molecule has 1 atom stereocenters. The van der Waals surface area contributed by atoms with E-state index in [0.29, 0.717) is 44.2 Å². The maximum atomic E-state index is 13.8. The second-order valence-corrected chi connectivity index (χ2v) is 9.95. The van der Waals surface area contributed by atoms with Crippen LogP contribution in [-0.4, -0.2) is 28.4 Å². The Balaban J connectivity index is 1.58. The van der Waals surface area contributed by atoms with Crippen molar-refractivity contribution < 1.29 is 14.3 Å². The minimum atomic E-state index is -0.937. The Hall–Kier alpha value is -5.13. The second-order valence-electron chi connectivity index (χ2n) is 9.52. The minimum Gasteiger partial charge on any atom is -0.495 e. The minimum absolute atomic E-state index is 0.190. The van der Waals surface area contributed by atoms with E-state index in [1.807, 2.05) is 30.3 Å². The van der Waals surface area contributed by atoms with Crippen molar-refractivity contribution in [3.8, 4) is 22.9 Å². The number of carbonyl (C=O) groups excluding carboxylic acids is 2. The fourth-order valence-electron chi connectivity index (χ4n) is 4.87. The number of methoxy groups -OCH3 is 1. The zero-order valence-corrected chi connectivity index (χ0v) is 23.0. The maximum Gasteiger partial charge on any atom is 0.252 e. The van der Waals surface area contributed by atoms with E-state index in [1.165, 1.54) is 30.9 Å². The number of carbonyl (C=O) groups is 2. The Labute approximate surface area is 240 Å². The van der Waals surface area contributed by atoms with Crippen LogP contribution >= 0.6 is 11.6 Å². The molecule has 0 saturated carbocycles. The van der Waals surface area contributed by atoms with E-state index >= 15 is 0 Å². The lowest BCUT2D eigenvalue weighted by Gasteiger charge is -2.22. The lowest BCUT2D eigenvalue weighted by atomic mass is 9.97. The molecule has 0 saturated heterocycles. The Morgan fingerprint density at radius 3 is 2.56 bits per heavy atom. The normalized spacial score (nSPS) is 11.6. The van der Waals surface area contributed by atoms with Crippen LogP contribution < -0.4 is 15.6 Å². The molecule has 2 aromatic heterocycles. The number of rotatable bonds is 8. The van der Waals surface area contributed by atoms with Crippen molar-refractivity contribution in [2.24, 2.45) is 0 Å². The number of nitrogens with zero attached hydrogens (tertiary/aromatic N) is 2. The first-order valence-corrected chi connectivity index (χ1v) is 13.1. The molecule has 0 radical (unpaired) electrons. The van der Waals surface area contributed by atoms with Crippen LogP contribution in [0.4, 0.5) is 5.69 Å². The third-order valence-electron chi connectivity index (χ3n) is 6.90. The molecular formula is C32H25ClN4O4. The molecule has 8 nitrogen and oxygen atoms in total. The molecule has 2 N–H and O–H groups in total.